The standard InChI is InChI=1S/C19H22N4O/c1-24-17-4-2-3-14-5-6-16(22-18(14)17)13-23-11-7-15(8-12-23)19-20-9-10-21-19/h2-6,9-10,15H,7-8,11-13H2,1H3,(H,20,21). The summed E-state index contributed by atoms with van der Waals surface area (Å²) in [6.07, 6.45) is 6.04. The molecule has 5 heteroatoms. The Morgan fingerprint density at radius 2 is 2.08 bits per heavy atom. The van der Waals surface area contributed by atoms with Crippen LogP contribution in [-0.2, 0) is 6.54 Å². The molecule has 3 heterocycles. The van der Waals surface area contributed by atoms with Gasteiger partial charge >= 0.3 is 0 Å². The van der Waals surface area contributed by atoms with E-state index in [0.717, 1.165) is 60.6 Å². The molecule has 1 fully saturated rings. The van der Waals surface area contributed by atoms with E-state index in [1.807, 2.05) is 24.5 Å². The Morgan fingerprint density at radius 3 is 2.83 bits per heavy atom. The van der Waals surface area contributed by atoms with Crippen LogP contribution < -0.4 is 4.74 Å². The highest BCUT2D eigenvalue weighted by Crippen LogP contribution is 2.27. The number of hydrogen-bond acceptors (Lipinski definition) is 4. The average molecular weight is 322 g/mol. The van der Waals surface area contributed by atoms with Crippen molar-refractivity contribution in [2.45, 2.75) is 25.3 Å². The largest absolute Gasteiger partial charge is 0.494 e. The van der Waals surface area contributed by atoms with Gasteiger partial charge in [-0.25, -0.2) is 9.97 Å². The van der Waals surface area contributed by atoms with E-state index in [1.165, 1.54) is 0 Å². The number of nitrogens with one attached hydrogen (secondary N) is 1. The number of aromatic nitrogens is 3. The number of benzene rings is 1. The zero-order valence-electron chi connectivity index (χ0n) is 13.9. The maximum atomic E-state index is 5.44. The van der Waals surface area contributed by atoms with Crippen molar-refractivity contribution < 1.29 is 4.74 Å². The monoisotopic (exact) mass is 322 g/mol. The van der Waals surface area contributed by atoms with Crippen LogP contribution in [0.15, 0.2) is 42.7 Å². The number of nitrogens with zero attached hydrogens (tertiary/aromatic N) is 3. The van der Waals surface area contributed by atoms with E-state index in [9.17, 15) is 0 Å². The van der Waals surface area contributed by atoms with Crippen LogP contribution in [0.1, 0.15) is 30.3 Å². The molecule has 0 bridgehead atoms. The van der Waals surface area contributed by atoms with Crippen molar-refractivity contribution >= 4 is 10.9 Å². The lowest BCUT2D eigenvalue weighted by Crippen LogP contribution is -2.33. The summed E-state index contributed by atoms with van der Waals surface area (Å²) in [5.74, 6) is 2.52. The highest BCUT2D eigenvalue weighted by Gasteiger charge is 2.22. The first-order valence-electron chi connectivity index (χ1n) is 8.48. The summed E-state index contributed by atoms with van der Waals surface area (Å²) >= 11 is 0. The molecule has 0 aliphatic carbocycles. The summed E-state index contributed by atoms with van der Waals surface area (Å²) < 4.78 is 5.44. The molecule has 1 aliphatic rings. The minimum Gasteiger partial charge on any atom is -0.494 e. The van der Waals surface area contributed by atoms with Crippen molar-refractivity contribution in [2.24, 2.45) is 0 Å². The van der Waals surface area contributed by atoms with Gasteiger partial charge in [-0.15, -0.1) is 0 Å². The zero-order chi connectivity index (χ0) is 16.4. The van der Waals surface area contributed by atoms with Crippen molar-refractivity contribution in [3.05, 3.63) is 54.2 Å². The Labute approximate surface area is 141 Å². The highest BCUT2D eigenvalue weighted by molar-refractivity contribution is 5.84. The highest BCUT2D eigenvalue weighted by atomic mass is 16.5. The molecule has 1 N–H and O–H groups in total. The third-order valence-electron chi connectivity index (χ3n) is 4.84. The van der Waals surface area contributed by atoms with Gasteiger partial charge in [0.15, 0.2) is 0 Å². The molecule has 2 aromatic heterocycles. The predicted octanol–water partition coefficient (Wildman–Crippen LogP) is 3.35. The van der Waals surface area contributed by atoms with Crippen molar-refractivity contribution in [1.82, 2.24) is 19.9 Å². The lowest BCUT2D eigenvalue weighted by atomic mass is 9.96. The molecule has 0 unspecified atom stereocenters. The Hall–Kier alpha value is -2.40. The molecule has 124 valence electrons. The number of likely N-dealkylation sites (tertiary alicyclic amines) is 1. The van der Waals surface area contributed by atoms with Crippen LogP contribution in [0.3, 0.4) is 0 Å². The number of methoxy groups -OCH3 is 1. The number of piperidine rings is 1. The molecule has 5 nitrogen and oxygen atoms in total. The minimum atomic E-state index is 0.556. The third kappa shape index (κ3) is 2.99. The summed E-state index contributed by atoms with van der Waals surface area (Å²) in [6, 6.07) is 10.3. The van der Waals surface area contributed by atoms with Crippen LogP contribution >= 0.6 is 0 Å². The van der Waals surface area contributed by atoms with Crippen molar-refractivity contribution in [3.63, 3.8) is 0 Å². The number of aromatic amines is 1. The molecule has 0 radical (unpaired) electrons. The van der Waals surface area contributed by atoms with Gasteiger partial charge in [0, 0.05) is 30.2 Å². The fourth-order valence-electron chi connectivity index (χ4n) is 3.51. The molecule has 24 heavy (non-hydrogen) atoms. The normalized spacial score (nSPS) is 16.5. The van der Waals surface area contributed by atoms with Gasteiger partial charge in [0.25, 0.3) is 0 Å². The molecule has 0 saturated carbocycles. The van der Waals surface area contributed by atoms with Gasteiger partial charge in [-0.1, -0.05) is 18.2 Å². The summed E-state index contributed by atoms with van der Waals surface area (Å²) in [5, 5.41) is 1.12. The topological polar surface area (TPSA) is 54.0 Å². The van der Waals surface area contributed by atoms with Gasteiger partial charge in [0.05, 0.1) is 12.8 Å². The zero-order valence-corrected chi connectivity index (χ0v) is 13.9. The molecular weight excluding hydrogens is 300 g/mol. The van der Waals surface area contributed by atoms with E-state index < -0.39 is 0 Å². The number of rotatable bonds is 4. The van der Waals surface area contributed by atoms with Crippen LogP contribution in [0.4, 0.5) is 0 Å². The summed E-state index contributed by atoms with van der Waals surface area (Å²) in [6.45, 7) is 3.05. The minimum absolute atomic E-state index is 0.556. The van der Waals surface area contributed by atoms with E-state index in [0.29, 0.717) is 5.92 Å². The second-order valence-electron chi connectivity index (χ2n) is 6.36. The molecule has 0 atom stereocenters. The molecule has 0 amide bonds. The van der Waals surface area contributed by atoms with Gasteiger partial charge in [0.2, 0.25) is 0 Å². The second-order valence-corrected chi connectivity index (χ2v) is 6.36. The Kier molecular flexibility index (Phi) is 4.17. The van der Waals surface area contributed by atoms with Gasteiger partial charge in [-0.3, -0.25) is 4.90 Å². The molecule has 1 aliphatic heterocycles. The predicted molar refractivity (Wildman–Crippen MR) is 94.1 cm³/mol. The Bertz CT molecular complexity index is 807. The maximum absolute atomic E-state index is 5.44. The molecule has 3 aromatic rings. The number of para-hydroxylation sites is 1. The first-order chi connectivity index (χ1) is 11.8. The second kappa shape index (κ2) is 6.61. The van der Waals surface area contributed by atoms with E-state index in [1.54, 1.807) is 7.11 Å². The van der Waals surface area contributed by atoms with E-state index in [-0.39, 0.29) is 0 Å². The maximum Gasteiger partial charge on any atom is 0.145 e. The van der Waals surface area contributed by atoms with E-state index >= 15 is 0 Å². The van der Waals surface area contributed by atoms with Gasteiger partial charge < -0.3 is 9.72 Å². The summed E-state index contributed by atoms with van der Waals surface area (Å²) in [7, 11) is 1.70. The molecule has 1 saturated heterocycles. The number of ether oxygens (including phenoxy) is 1. The average Bonchev–Trinajstić information content (AvgIpc) is 3.16. The van der Waals surface area contributed by atoms with Gasteiger partial charge in [0.1, 0.15) is 17.1 Å². The number of fused-ring (bicyclic) bond motifs is 1. The van der Waals surface area contributed by atoms with Crippen LogP contribution in [-0.4, -0.2) is 40.1 Å². The number of H-pyrrole nitrogens is 1. The fraction of sp³-hybridized carbons (Fsp3) is 0.368. The summed E-state index contributed by atoms with van der Waals surface area (Å²) in [4.78, 5) is 14.9. The smallest absolute Gasteiger partial charge is 0.145 e. The van der Waals surface area contributed by atoms with Crippen LogP contribution in [0.25, 0.3) is 10.9 Å². The van der Waals surface area contributed by atoms with Gasteiger partial charge in [-0.05, 0) is 38.1 Å². The van der Waals surface area contributed by atoms with Crippen LogP contribution in [0.2, 0.25) is 0 Å². The quantitative estimate of drug-likeness (QED) is 0.800. The van der Waals surface area contributed by atoms with Crippen LogP contribution in [0, 0.1) is 0 Å². The Balaban J connectivity index is 1.45. The van der Waals surface area contributed by atoms with Crippen LogP contribution in [0.5, 0.6) is 5.75 Å². The Morgan fingerprint density at radius 1 is 1.21 bits per heavy atom. The summed E-state index contributed by atoms with van der Waals surface area (Å²) in [5.41, 5.74) is 2.05. The fourth-order valence-corrected chi connectivity index (χ4v) is 3.51. The van der Waals surface area contributed by atoms with E-state index in [2.05, 4.69) is 33.1 Å². The lowest BCUT2D eigenvalue weighted by Gasteiger charge is -2.30. The number of pyridine rings is 1. The first kappa shape index (κ1) is 15.1. The van der Waals surface area contributed by atoms with Crippen molar-refractivity contribution in [2.75, 3.05) is 20.2 Å². The van der Waals surface area contributed by atoms with Gasteiger partial charge in [-0.2, -0.15) is 0 Å². The first-order valence-corrected chi connectivity index (χ1v) is 8.48. The van der Waals surface area contributed by atoms with E-state index in [4.69, 9.17) is 9.72 Å². The molecule has 1 aromatic carbocycles. The van der Waals surface area contributed by atoms with Crippen molar-refractivity contribution in [1.29, 1.82) is 0 Å². The number of hydrogen-bond donors (Lipinski definition) is 1. The SMILES string of the molecule is COc1cccc2ccc(CN3CCC(c4ncc[nH]4)CC3)nc12. The number of imidazole rings is 1. The molecular formula is C19H22N4O. The van der Waals surface area contributed by atoms with Crippen molar-refractivity contribution in [3.8, 4) is 5.75 Å². The molecule has 4 rings (SSSR count). The molecule has 0 spiro atoms. The lowest BCUT2D eigenvalue weighted by molar-refractivity contribution is 0.200. The third-order valence-corrected chi connectivity index (χ3v) is 4.84.